The highest BCUT2D eigenvalue weighted by molar-refractivity contribution is 6.31. The maximum atomic E-state index is 13.0. The van der Waals surface area contributed by atoms with E-state index in [1.54, 1.807) is 31.6 Å². The van der Waals surface area contributed by atoms with Crippen molar-refractivity contribution in [3.05, 3.63) is 41.4 Å². The minimum Gasteiger partial charge on any atom is -0.357 e. The molecule has 0 saturated heterocycles. The fraction of sp³-hybridized carbons (Fsp3) is 0.0909. The van der Waals surface area contributed by atoms with Crippen LogP contribution in [-0.2, 0) is 0 Å². The van der Waals surface area contributed by atoms with E-state index in [2.05, 4.69) is 15.3 Å². The summed E-state index contributed by atoms with van der Waals surface area (Å²) < 4.78 is 13.0. The van der Waals surface area contributed by atoms with Crippen molar-refractivity contribution in [2.75, 3.05) is 12.4 Å². The molecule has 2 rings (SSSR count). The van der Waals surface area contributed by atoms with E-state index in [0.29, 0.717) is 5.95 Å². The van der Waals surface area contributed by atoms with Crippen LogP contribution in [0.4, 0.5) is 10.3 Å². The van der Waals surface area contributed by atoms with Crippen LogP contribution in [0.5, 0.6) is 0 Å². The van der Waals surface area contributed by atoms with Crippen LogP contribution in [-0.4, -0.2) is 17.0 Å². The SMILES string of the molecule is CNc1ncc(-c2ccc(F)c(Cl)c2)cn1. The summed E-state index contributed by atoms with van der Waals surface area (Å²) in [5.74, 6) is 0.107. The largest absolute Gasteiger partial charge is 0.357 e. The Morgan fingerprint density at radius 2 is 1.88 bits per heavy atom. The lowest BCUT2D eigenvalue weighted by Crippen LogP contribution is -1.95. The van der Waals surface area contributed by atoms with Crippen LogP contribution in [0.3, 0.4) is 0 Å². The lowest BCUT2D eigenvalue weighted by molar-refractivity contribution is 0.628. The Hall–Kier alpha value is -1.68. The summed E-state index contributed by atoms with van der Waals surface area (Å²) in [5, 5.41) is 2.91. The van der Waals surface area contributed by atoms with E-state index in [-0.39, 0.29) is 5.02 Å². The molecule has 1 N–H and O–H groups in total. The van der Waals surface area contributed by atoms with Crippen molar-refractivity contribution in [2.45, 2.75) is 0 Å². The van der Waals surface area contributed by atoms with Crippen LogP contribution in [0.15, 0.2) is 30.6 Å². The Kier molecular flexibility index (Phi) is 3.01. The number of rotatable bonds is 2. The number of halogens is 2. The van der Waals surface area contributed by atoms with Gasteiger partial charge in [-0.3, -0.25) is 0 Å². The number of aromatic nitrogens is 2. The van der Waals surface area contributed by atoms with Gasteiger partial charge in [0, 0.05) is 25.0 Å². The van der Waals surface area contributed by atoms with Crippen molar-refractivity contribution in [1.82, 2.24) is 9.97 Å². The third kappa shape index (κ3) is 2.12. The Morgan fingerprint density at radius 1 is 1.19 bits per heavy atom. The van der Waals surface area contributed by atoms with Gasteiger partial charge in [-0.05, 0) is 17.7 Å². The molecule has 1 aromatic heterocycles. The first-order valence-electron chi connectivity index (χ1n) is 4.66. The van der Waals surface area contributed by atoms with Crippen molar-refractivity contribution in [1.29, 1.82) is 0 Å². The normalized spacial score (nSPS) is 10.2. The highest BCUT2D eigenvalue weighted by atomic mass is 35.5. The van der Waals surface area contributed by atoms with Gasteiger partial charge in [-0.2, -0.15) is 0 Å². The summed E-state index contributed by atoms with van der Waals surface area (Å²) in [6.45, 7) is 0. The van der Waals surface area contributed by atoms with Crippen molar-refractivity contribution < 1.29 is 4.39 Å². The molecule has 0 aliphatic heterocycles. The molecule has 5 heteroatoms. The number of benzene rings is 1. The van der Waals surface area contributed by atoms with E-state index in [0.717, 1.165) is 11.1 Å². The van der Waals surface area contributed by atoms with Crippen LogP contribution in [0.1, 0.15) is 0 Å². The van der Waals surface area contributed by atoms with Gasteiger partial charge >= 0.3 is 0 Å². The summed E-state index contributed by atoms with van der Waals surface area (Å²) >= 11 is 5.69. The predicted octanol–water partition coefficient (Wildman–Crippen LogP) is 2.98. The Balaban J connectivity index is 2.38. The predicted molar refractivity (Wildman–Crippen MR) is 62.0 cm³/mol. The van der Waals surface area contributed by atoms with Crippen LogP contribution >= 0.6 is 11.6 Å². The Labute approximate surface area is 97.3 Å². The minimum absolute atomic E-state index is 0.0928. The monoisotopic (exact) mass is 237 g/mol. The van der Waals surface area contributed by atoms with Crippen molar-refractivity contribution in [3.8, 4) is 11.1 Å². The molecule has 16 heavy (non-hydrogen) atoms. The van der Waals surface area contributed by atoms with E-state index in [4.69, 9.17) is 11.6 Å². The molecule has 0 aliphatic rings. The standard InChI is InChI=1S/C11H9ClFN3/c1-14-11-15-5-8(6-16-11)7-2-3-10(13)9(12)4-7/h2-6H,1H3,(H,14,15,16). The lowest BCUT2D eigenvalue weighted by Gasteiger charge is -2.03. The molecule has 0 atom stereocenters. The molecule has 0 bridgehead atoms. The molecular formula is C11H9ClFN3. The highest BCUT2D eigenvalue weighted by Crippen LogP contribution is 2.23. The minimum atomic E-state index is -0.432. The van der Waals surface area contributed by atoms with E-state index >= 15 is 0 Å². The summed E-state index contributed by atoms with van der Waals surface area (Å²) in [6, 6.07) is 4.51. The topological polar surface area (TPSA) is 37.8 Å². The fourth-order valence-corrected chi connectivity index (χ4v) is 1.46. The average Bonchev–Trinajstić information content (AvgIpc) is 2.33. The van der Waals surface area contributed by atoms with Gasteiger partial charge in [0.15, 0.2) is 0 Å². The van der Waals surface area contributed by atoms with Gasteiger partial charge in [0.2, 0.25) is 5.95 Å². The fourth-order valence-electron chi connectivity index (χ4n) is 1.28. The van der Waals surface area contributed by atoms with Gasteiger partial charge in [0.25, 0.3) is 0 Å². The van der Waals surface area contributed by atoms with Gasteiger partial charge < -0.3 is 5.32 Å². The second-order valence-corrected chi connectivity index (χ2v) is 3.58. The molecule has 0 unspecified atom stereocenters. The smallest absolute Gasteiger partial charge is 0.222 e. The first-order chi connectivity index (χ1) is 7.70. The zero-order valence-corrected chi connectivity index (χ0v) is 9.29. The molecular weight excluding hydrogens is 229 g/mol. The third-order valence-electron chi connectivity index (χ3n) is 2.13. The van der Waals surface area contributed by atoms with Gasteiger partial charge in [0.05, 0.1) is 5.02 Å². The molecule has 82 valence electrons. The van der Waals surface area contributed by atoms with E-state index in [9.17, 15) is 4.39 Å². The van der Waals surface area contributed by atoms with Crippen LogP contribution < -0.4 is 5.32 Å². The molecule has 2 aromatic rings. The first-order valence-corrected chi connectivity index (χ1v) is 5.03. The summed E-state index contributed by atoms with van der Waals surface area (Å²) in [5.41, 5.74) is 1.58. The molecule has 1 aromatic carbocycles. The second-order valence-electron chi connectivity index (χ2n) is 3.17. The van der Waals surface area contributed by atoms with Crippen LogP contribution in [0, 0.1) is 5.82 Å². The number of anilines is 1. The molecule has 0 fully saturated rings. The molecule has 0 saturated carbocycles. The van der Waals surface area contributed by atoms with E-state index < -0.39 is 5.82 Å². The number of nitrogens with one attached hydrogen (secondary N) is 1. The molecule has 3 nitrogen and oxygen atoms in total. The number of hydrogen-bond acceptors (Lipinski definition) is 3. The maximum absolute atomic E-state index is 13.0. The maximum Gasteiger partial charge on any atom is 0.222 e. The van der Waals surface area contributed by atoms with Gasteiger partial charge in [-0.1, -0.05) is 17.7 Å². The lowest BCUT2D eigenvalue weighted by atomic mass is 10.1. The quantitative estimate of drug-likeness (QED) is 0.873. The molecule has 0 radical (unpaired) electrons. The zero-order chi connectivity index (χ0) is 11.5. The van der Waals surface area contributed by atoms with Gasteiger partial charge in [-0.15, -0.1) is 0 Å². The van der Waals surface area contributed by atoms with Gasteiger partial charge in [-0.25, -0.2) is 14.4 Å². The van der Waals surface area contributed by atoms with E-state index in [1.165, 1.54) is 6.07 Å². The first kappa shape index (κ1) is 10.8. The third-order valence-corrected chi connectivity index (χ3v) is 2.42. The van der Waals surface area contributed by atoms with Crippen LogP contribution in [0.2, 0.25) is 5.02 Å². The second kappa shape index (κ2) is 4.45. The van der Waals surface area contributed by atoms with E-state index in [1.807, 2.05) is 0 Å². The molecule has 0 aliphatic carbocycles. The van der Waals surface area contributed by atoms with Gasteiger partial charge in [0.1, 0.15) is 5.82 Å². The summed E-state index contributed by atoms with van der Waals surface area (Å²) in [7, 11) is 1.74. The van der Waals surface area contributed by atoms with Crippen molar-refractivity contribution in [3.63, 3.8) is 0 Å². The highest BCUT2D eigenvalue weighted by Gasteiger charge is 2.04. The van der Waals surface area contributed by atoms with Crippen molar-refractivity contribution in [2.24, 2.45) is 0 Å². The van der Waals surface area contributed by atoms with Crippen molar-refractivity contribution >= 4 is 17.5 Å². The Bertz CT molecular complexity index is 499. The summed E-state index contributed by atoms with van der Waals surface area (Å²) in [4.78, 5) is 8.13. The summed E-state index contributed by atoms with van der Waals surface area (Å²) in [6.07, 6.45) is 3.31. The molecule has 1 heterocycles. The molecule has 0 amide bonds. The number of hydrogen-bond donors (Lipinski definition) is 1. The average molecular weight is 238 g/mol. The Morgan fingerprint density at radius 3 is 2.44 bits per heavy atom. The number of nitrogens with zero attached hydrogens (tertiary/aromatic N) is 2. The molecule has 0 spiro atoms. The zero-order valence-electron chi connectivity index (χ0n) is 8.54. The van der Waals surface area contributed by atoms with Crippen LogP contribution in [0.25, 0.3) is 11.1 Å².